The highest BCUT2D eigenvalue weighted by atomic mass is 33.1. The summed E-state index contributed by atoms with van der Waals surface area (Å²) in [4.78, 5) is 44.4. The second-order valence-corrected chi connectivity index (χ2v) is 7.61. The molecule has 0 aliphatic rings. The first-order chi connectivity index (χ1) is 11.7. The summed E-state index contributed by atoms with van der Waals surface area (Å²) in [6.07, 6.45) is -1.27. The number of benzene rings is 1. The predicted molar refractivity (Wildman–Crippen MR) is 91.4 cm³/mol. The van der Waals surface area contributed by atoms with Crippen LogP contribution in [0.25, 0.3) is 0 Å². The van der Waals surface area contributed by atoms with Crippen molar-refractivity contribution >= 4 is 45.5 Å². The Labute approximate surface area is 150 Å². The predicted octanol–water partition coefficient (Wildman–Crippen LogP) is 2.21. The average Bonchev–Trinajstić information content (AvgIpc) is 2.52. The van der Waals surface area contributed by atoms with Crippen LogP contribution < -0.4 is 0 Å². The van der Waals surface area contributed by atoms with Gasteiger partial charge in [-0.05, 0) is 5.56 Å². The fraction of sp³-hybridized carbons (Fsp3) is 0.333. The van der Waals surface area contributed by atoms with Crippen LogP contribution in [0.15, 0.2) is 30.3 Å². The molecule has 0 aliphatic carbocycles. The second kappa shape index (κ2) is 9.94. The van der Waals surface area contributed by atoms with Crippen LogP contribution in [0, 0.1) is 5.92 Å². The molecule has 0 saturated carbocycles. The van der Waals surface area contributed by atoms with Crippen LogP contribution in [-0.2, 0) is 19.2 Å². The summed E-state index contributed by atoms with van der Waals surface area (Å²) in [7, 11) is 1.57. The molecule has 10 heteroatoms. The third-order valence-electron chi connectivity index (χ3n) is 3.12. The molecule has 1 aromatic carbocycles. The molecular weight excluding hydrogens is 372 g/mol. The number of carbonyl (C=O) groups is 4. The Bertz CT molecular complexity index is 634. The summed E-state index contributed by atoms with van der Waals surface area (Å²) in [6.45, 7) is 0. The van der Waals surface area contributed by atoms with Crippen molar-refractivity contribution in [3.05, 3.63) is 35.9 Å². The third-order valence-corrected chi connectivity index (χ3v) is 6.29. The second-order valence-electron chi connectivity index (χ2n) is 4.99. The summed E-state index contributed by atoms with van der Waals surface area (Å²) in [5.74, 6) is -6.54. The molecule has 0 aliphatic heterocycles. The monoisotopic (exact) mass is 388 g/mol. The van der Waals surface area contributed by atoms with E-state index >= 15 is 0 Å². The van der Waals surface area contributed by atoms with Gasteiger partial charge in [0, 0.05) is 0 Å². The Morgan fingerprint density at radius 2 is 1.36 bits per heavy atom. The van der Waals surface area contributed by atoms with Crippen molar-refractivity contribution in [2.45, 2.75) is 23.3 Å². The highest BCUT2D eigenvalue weighted by Crippen LogP contribution is 2.46. The minimum Gasteiger partial charge on any atom is -0.481 e. The molecule has 0 radical (unpaired) electrons. The van der Waals surface area contributed by atoms with E-state index in [1.807, 2.05) is 0 Å². The van der Waals surface area contributed by atoms with Gasteiger partial charge in [-0.2, -0.15) is 0 Å². The van der Waals surface area contributed by atoms with Crippen LogP contribution in [0.5, 0.6) is 0 Å². The smallest absolute Gasteiger partial charge is 0.318 e. The molecule has 0 heterocycles. The van der Waals surface area contributed by atoms with Crippen LogP contribution in [0.2, 0.25) is 0 Å². The molecule has 4 N–H and O–H groups in total. The molecule has 0 saturated heterocycles. The number of carboxylic acid groups (broad SMARTS) is 4. The van der Waals surface area contributed by atoms with E-state index < -0.39 is 53.1 Å². The molecular formula is C15H16O8S2. The van der Waals surface area contributed by atoms with Gasteiger partial charge in [0.05, 0.1) is 24.0 Å². The van der Waals surface area contributed by atoms with E-state index in [1.54, 1.807) is 30.3 Å². The van der Waals surface area contributed by atoms with Gasteiger partial charge in [-0.25, -0.2) is 0 Å². The molecule has 3 atom stereocenters. The largest absolute Gasteiger partial charge is 0.481 e. The van der Waals surface area contributed by atoms with Crippen molar-refractivity contribution < 1.29 is 39.6 Å². The van der Waals surface area contributed by atoms with Crippen LogP contribution in [0.1, 0.15) is 23.7 Å². The highest BCUT2D eigenvalue weighted by Gasteiger charge is 2.34. The fourth-order valence-electron chi connectivity index (χ4n) is 1.96. The van der Waals surface area contributed by atoms with Crippen LogP contribution >= 0.6 is 21.6 Å². The van der Waals surface area contributed by atoms with Crippen molar-refractivity contribution in [3.63, 3.8) is 0 Å². The lowest BCUT2D eigenvalue weighted by molar-refractivity contribution is -0.148. The number of hydrogen-bond acceptors (Lipinski definition) is 6. The van der Waals surface area contributed by atoms with E-state index in [0.717, 1.165) is 10.8 Å². The molecule has 8 nitrogen and oxygen atoms in total. The SMILES string of the molecule is O=C(O)CC(SSC(c1ccccc1)C(CC(=O)O)C(=O)O)C(=O)O. The van der Waals surface area contributed by atoms with Gasteiger partial charge in [0.15, 0.2) is 0 Å². The molecule has 0 aromatic heterocycles. The first kappa shape index (κ1) is 20.8. The molecule has 0 fully saturated rings. The molecule has 0 bridgehead atoms. The van der Waals surface area contributed by atoms with E-state index in [9.17, 15) is 24.3 Å². The molecule has 1 aromatic rings. The number of aliphatic carboxylic acids is 4. The Morgan fingerprint density at radius 3 is 1.80 bits per heavy atom. The van der Waals surface area contributed by atoms with Gasteiger partial charge in [0.25, 0.3) is 0 Å². The fourth-order valence-corrected chi connectivity index (χ4v) is 5.07. The van der Waals surface area contributed by atoms with Crippen molar-refractivity contribution in [2.75, 3.05) is 0 Å². The van der Waals surface area contributed by atoms with Gasteiger partial charge >= 0.3 is 23.9 Å². The Kier molecular flexibility index (Phi) is 8.29. The summed E-state index contributed by atoms with van der Waals surface area (Å²) in [6, 6.07) is 8.24. The Balaban J connectivity index is 3.05. The Hall–Kier alpha value is -2.20. The minimum absolute atomic E-state index is 0.521. The molecule has 3 unspecified atom stereocenters. The minimum atomic E-state index is -1.34. The van der Waals surface area contributed by atoms with Crippen LogP contribution in [0.3, 0.4) is 0 Å². The molecule has 0 amide bonds. The van der Waals surface area contributed by atoms with Gasteiger partial charge in [-0.3, -0.25) is 19.2 Å². The topological polar surface area (TPSA) is 149 Å². The van der Waals surface area contributed by atoms with Gasteiger partial charge in [-0.15, -0.1) is 0 Å². The van der Waals surface area contributed by atoms with Crippen molar-refractivity contribution in [1.29, 1.82) is 0 Å². The maximum atomic E-state index is 11.5. The van der Waals surface area contributed by atoms with Crippen molar-refractivity contribution in [1.82, 2.24) is 0 Å². The molecule has 1 rings (SSSR count). The zero-order valence-electron chi connectivity index (χ0n) is 12.8. The van der Waals surface area contributed by atoms with Gasteiger partial charge < -0.3 is 20.4 Å². The summed E-state index contributed by atoms with van der Waals surface area (Å²) in [5, 5.41) is 34.1. The maximum Gasteiger partial charge on any atom is 0.318 e. The van der Waals surface area contributed by atoms with E-state index in [-0.39, 0.29) is 0 Å². The van der Waals surface area contributed by atoms with Gasteiger partial charge in [0.1, 0.15) is 5.25 Å². The summed E-state index contributed by atoms with van der Waals surface area (Å²) < 4.78 is 0. The molecule has 25 heavy (non-hydrogen) atoms. The number of rotatable bonds is 11. The zero-order chi connectivity index (χ0) is 19.0. The lowest BCUT2D eigenvalue weighted by Gasteiger charge is -2.23. The zero-order valence-corrected chi connectivity index (χ0v) is 14.4. The maximum absolute atomic E-state index is 11.5. The first-order valence-electron chi connectivity index (χ1n) is 6.98. The number of hydrogen-bond donors (Lipinski definition) is 4. The van der Waals surface area contributed by atoms with Crippen LogP contribution in [-0.4, -0.2) is 49.6 Å². The van der Waals surface area contributed by atoms with Gasteiger partial charge in [-0.1, -0.05) is 51.9 Å². The third kappa shape index (κ3) is 7.06. The van der Waals surface area contributed by atoms with E-state index in [4.69, 9.17) is 15.3 Å². The lowest BCUT2D eigenvalue weighted by Crippen LogP contribution is -2.24. The van der Waals surface area contributed by atoms with E-state index in [0.29, 0.717) is 16.4 Å². The van der Waals surface area contributed by atoms with Gasteiger partial charge in [0.2, 0.25) is 0 Å². The molecule has 136 valence electrons. The average molecular weight is 388 g/mol. The quantitative estimate of drug-likeness (QED) is 0.415. The van der Waals surface area contributed by atoms with E-state index in [1.165, 1.54) is 0 Å². The summed E-state index contributed by atoms with van der Waals surface area (Å²) in [5.41, 5.74) is 0.521. The van der Waals surface area contributed by atoms with E-state index in [2.05, 4.69) is 0 Å². The summed E-state index contributed by atoms with van der Waals surface area (Å²) >= 11 is 0. The van der Waals surface area contributed by atoms with Crippen molar-refractivity contribution in [2.24, 2.45) is 5.92 Å². The first-order valence-corrected chi connectivity index (χ1v) is 9.26. The normalized spacial score (nSPS) is 14.2. The van der Waals surface area contributed by atoms with Crippen molar-refractivity contribution in [3.8, 4) is 0 Å². The molecule has 0 spiro atoms. The highest BCUT2D eigenvalue weighted by molar-refractivity contribution is 8.77. The number of carboxylic acids is 4. The standard InChI is InChI=1S/C15H16O8S2/c16-11(17)6-9(14(20)21)13(8-4-2-1-3-5-8)25-24-10(15(22)23)7-12(18)19/h1-5,9-10,13H,6-7H2,(H,16,17)(H,18,19)(H,20,21)(H,22,23). The lowest BCUT2D eigenvalue weighted by atomic mass is 9.95. The Morgan fingerprint density at radius 1 is 0.800 bits per heavy atom. The van der Waals surface area contributed by atoms with Crippen LogP contribution in [0.4, 0.5) is 0 Å².